The highest BCUT2D eigenvalue weighted by atomic mass is 16.5. The van der Waals surface area contributed by atoms with Crippen LogP contribution in [-0.4, -0.2) is 26.2 Å². The van der Waals surface area contributed by atoms with Crippen molar-refractivity contribution in [1.82, 2.24) is 0 Å². The molecule has 0 unspecified atom stereocenters. The van der Waals surface area contributed by atoms with Crippen molar-refractivity contribution in [3.63, 3.8) is 0 Å². The number of carbonyl (C=O) groups excluding carboxylic acids is 1. The van der Waals surface area contributed by atoms with Gasteiger partial charge in [0.05, 0.1) is 25.0 Å². The standard InChI is InChI=1S/C20H25NO3/c1-14-9-10-17(13-16(14)3)24-12-6-11-21-19-15(2)7-5-8-18(19)20(22)23-4/h5,7-10,13,21H,6,11-12H2,1-4H3. The predicted octanol–water partition coefficient (Wildman–Crippen LogP) is 4.28. The minimum Gasteiger partial charge on any atom is -0.494 e. The van der Waals surface area contributed by atoms with Gasteiger partial charge in [0.2, 0.25) is 0 Å². The van der Waals surface area contributed by atoms with Crippen molar-refractivity contribution in [2.24, 2.45) is 0 Å². The molecule has 0 saturated heterocycles. The first-order valence-corrected chi connectivity index (χ1v) is 8.14. The van der Waals surface area contributed by atoms with Crippen LogP contribution in [0.1, 0.15) is 33.5 Å². The zero-order valence-corrected chi connectivity index (χ0v) is 14.8. The zero-order chi connectivity index (χ0) is 17.5. The monoisotopic (exact) mass is 327 g/mol. The van der Waals surface area contributed by atoms with Crippen molar-refractivity contribution in [3.8, 4) is 5.75 Å². The van der Waals surface area contributed by atoms with Crippen LogP contribution in [0.25, 0.3) is 0 Å². The molecule has 0 saturated carbocycles. The van der Waals surface area contributed by atoms with Crippen LogP contribution < -0.4 is 10.1 Å². The molecule has 0 spiro atoms. The van der Waals surface area contributed by atoms with Gasteiger partial charge in [-0.25, -0.2) is 4.79 Å². The van der Waals surface area contributed by atoms with Gasteiger partial charge in [-0.15, -0.1) is 0 Å². The van der Waals surface area contributed by atoms with Crippen LogP contribution in [0.5, 0.6) is 5.75 Å². The SMILES string of the molecule is COC(=O)c1cccc(C)c1NCCCOc1ccc(C)c(C)c1. The van der Waals surface area contributed by atoms with Crippen molar-refractivity contribution in [3.05, 3.63) is 58.7 Å². The molecule has 2 rings (SSSR count). The van der Waals surface area contributed by atoms with Gasteiger partial charge in [-0.1, -0.05) is 18.2 Å². The molecule has 2 aromatic rings. The third-order valence-electron chi connectivity index (χ3n) is 4.05. The number of methoxy groups -OCH3 is 1. The molecule has 0 aromatic heterocycles. The van der Waals surface area contributed by atoms with E-state index in [0.717, 1.165) is 30.0 Å². The maximum Gasteiger partial charge on any atom is 0.339 e. The Morgan fingerprint density at radius 1 is 1.04 bits per heavy atom. The molecule has 0 radical (unpaired) electrons. The van der Waals surface area contributed by atoms with Gasteiger partial charge in [0.1, 0.15) is 5.75 Å². The summed E-state index contributed by atoms with van der Waals surface area (Å²) >= 11 is 0. The second kappa shape index (κ2) is 8.39. The summed E-state index contributed by atoms with van der Waals surface area (Å²) in [5, 5.41) is 3.32. The Balaban J connectivity index is 1.86. The van der Waals surface area contributed by atoms with Gasteiger partial charge in [0.15, 0.2) is 0 Å². The largest absolute Gasteiger partial charge is 0.494 e. The quantitative estimate of drug-likeness (QED) is 0.609. The number of carbonyl (C=O) groups is 1. The molecule has 128 valence electrons. The van der Waals surface area contributed by atoms with E-state index >= 15 is 0 Å². The molecule has 1 N–H and O–H groups in total. The van der Waals surface area contributed by atoms with Gasteiger partial charge >= 0.3 is 5.97 Å². The molecule has 24 heavy (non-hydrogen) atoms. The number of hydrogen-bond donors (Lipinski definition) is 1. The van der Waals surface area contributed by atoms with Gasteiger partial charge in [-0.05, 0) is 62.1 Å². The number of esters is 1. The highest BCUT2D eigenvalue weighted by Crippen LogP contribution is 2.21. The highest BCUT2D eigenvalue weighted by Gasteiger charge is 2.12. The summed E-state index contributed by atoms with van der Waals surface area (Å²) in [5.74, 6) is 0.567. The number of hydrogen-bond acceptors (Lipinski definition) is 4. The number of benzene rings is 2. The Morgan fingerprint density at radius 3 is 2.54 bits per heavy atom. The van der Waals surface area contributed by atoms with Crippen LogP contribution in [0, 0.1) is 20.8 Å². The Labute approximate surface area is 143 Å². The first-order chi connectivity index (χ1) is 11.5. The number of anilines is 1. The number of nitrogens with one attached hydrogen (secondary N) is 1. The van der Waals surface area contributed by atoms with Gasteiger partial charge in [0, 0.05) is 6.54 Å². The fraction of sp³-hybridized carbons (Fsp3) is 0.350. The topological polar surface area (TPSA) is 47.6 Å². The van der Waals surface area contributed by atoms with Gasteiger partial charge in [0.25, 0.3) is 0 Å². The van der Waals surface area contributed by atoms with Crippen LogP contribution in [0.15, 0.2) is 36.4 Å². The van der Waals surface area contributed by atoms with Crippen molar-refractivity contribution >= 4 is 11.7 Å². The van der Waals surface area contributed by atoms with Crippen LogP contribution in [-0.2, 0) is 4.74 Å². The van der Waals surface area contributed by atoms with Crippen molar-refractivity contribution in [2.75, 3.05) is 25.6 Å². The molecule has 4 heteroatoms. The molecule has 4 nitrogen and oxygen atoms in total. The van der Waals surface area contributed by atoms with E-state index < -0.39 is 0 Å². The third kappa shape index (κ3) is 4.51. The summed E-state index contributed by atoms with van der Waals surface area (Å²) in [4.78, 5) is 11.8. The molecule has 0 fully saturated rings. The van der Waals surface area contributed by atoms with Gasteiger partial charge < -0.3 is 14.8 Å². The maximum absolute atomic E-state index is 11.8. The van der Waals surface area contributed by atoms with Crippen LogP contribution in [0.3, 0.4) is 0 Å². The first kappa shape index (κ1) is 17.9. The van der Waals surface area contributed by atoms with Crippen molar-refractivity contribution in [2.45, 2.75) is 27.2 Å². The highest BCUT2D eigenvalue weighted by molar-refractivity contribution is 5.96. The lowest BCUT2D eigenvalue weighted by Crippen LogP contribution is -2.12. The zero-order valence-electron chi connectivity index (χ0n) is 14.8. The Bertz CT molecular complexity index is 710. The second-order valence-corrected chi connectivity index (χ2v) is 5.86. The summed E-state index contributed by atoms with van der Waals surface area (Å²) in [7, 11) is 1.39. The lowest BCUT2D eigenvalue weighted by molar-refractivity contribution is 0.0601. The molecule has 0 heterocycles. The Hall–Kier alpha value is -2.49. The van der Waals surface area contributed by atoms with E-state index in [-0.39, 0.29) is 5.97 Å². The molecule has 0 aliphatic carbocycles. The summed E-state index contributed by atoms with van der Waals surface area (Å²) in [6.45, 7) is 7.48. The van der Waals surface area contributed by atoms with E-state index in [1.54, 1.807) is 6.07 Å². The third-order valence-corrected chi connectivity index (χ3v) is 4.05. The molecule has 0 aliphatic rings. The molecule has 0 bridgehead atoms. The normalized spacial score (nSPS) is 10.3. The fourth-order valence-corrected chi connectivity index (χ4v) is 2.46. The summed E-state index contributed by atoms with van der Waals surface area (Å²) in [6.07, 6.45) is 0.835. The van der Waals surface area contributed by atoms with Crippen LogP contribution >= 0.6 is 0 Å². The average molecular weight is 327 g/mol. The van der Waals surface area contributed by atoms with E-state index in [9.17, 15) is 4.79 Å². The second-order valence-electron chi connectivity index (χ2n) is 5.86. The number of aryl methyl sites for hydroxylation is 3. The van der Waals surface area contributed by atoms with Crippen molar-refractivity contribution < 1.29 is 14.3 Å². The first-order valence-electron chi connectivity index (χ1n) is 8.14. The minimum absolute atomic E-state index is 0.326. The van der Waals surface area contributed by atoms with E-state index in [1.165, 1.54) is 18.2 Å². The van der Waals surface area contributed by atoms with E-state index in [4.69, 9.17) is 9.47 Å². The van der Waals surface area contributed by atoms with Crippen molar-refractivity contribution in [1.29, 1.82) is 0 Å². The molecule has 2 aromatic carbocycles. The Kier molecular flexibility index (Phi) is 6.24. The molecule has 0 amide bonds. The summed E-state index contributed by atoms with van der Waals surface area (Å²) in [6, 6.07) is 11.7. The molecular weight excluding hydrogens is 302 g/mol. The number of ether oxygens (including phenoxy) is 2. The van der Waals surface area contributed by atoms with Gasteiger partial charge in [-0.2, -0.15) is 0 Å². The molecule has 0 atom stereocenters. The fourth-order valence-electron chi connectivity index (χ4n) is 2.46. The molecule has 0 aliphatic heterocycles. The van der Waals surface area contributed by atoms with E-state index in [1.807, 2.05) is 25.1 Å². The predicted molar refractivity (Wildman–Crippen MR) is 97.0 cm³/mol. The van der Waals surface area contributed by atoms with E-state index in [0.29, 0.717) is 12.2 Å². The average Bonchev–Trinajstić information content (AvgIpc) is 2.58. The van der Waals surface area contributed by atoms with Gasteiger partial charge in [-0.3, -0.25) is 0 Å². The number of para-hydroxylation sites is 1. The lowest BCUT2D eigenvalue weighted by Gasteiger charge is -2.14. The summed E-state index contributed by atoms with van der Waals surface area (Å²) < 4.78 is 10.6. The van der Waals surface area contributed by atoms with Crippen LogP contribution in [0.2, 0.25) is 0 Å². The smallest absolute Gasteiger partial charge is 0.339 e. The minimum atomic E-state index is -0.326. The lowest BCUT2D eigenvalue weighted by atomic mass is 10.1. The summed E-state index contributed by atoms with van der Waals surface area (Å²) in [5.41, 5.74) is 4.91. The van der Waals surface area contributed by atoms with E-state index in [2.05, 4.69) is 31.3 Å². The Morgan fingerprint density at radius 2 is 1.83 bits per heavy atom. The molecular formula is C20H25NO3. The van der Waals surface area contributed by atoms with Crippen LogP contribution in [0.4, 0.5) is 5.69 Å². The maximum atomic E-state index is 11.8. The number of rotatable bonds is 7.